The van der Waals surface area contributed by atoms with Gasteiger partial charge < -0.3 is 9.47 Å². The number of hydrogen-bond donors (Lipinski definition) is 0. The van der Waals surface area contributed by atoms with E-state index in [1.165, 1.54) is 18.2 Å². The predicted molar refractivity (Wildman–Crippen MR) is 85.6 cm³/mol. The van der Waals surface area contributed by atoms with E-state index in [1.807, 2.05) is 0 Å². The van der Waals surface area contributed by atoms with E-state index in [2.05, 4.69) is 0 Å². The summed E-state index contributed by atoms with van der Waals surface area (Å²) in [6.45, 7) is 2.24. The second-order valence-corrected chi connectivity index (χ2v) is 5.36. The average Bonchev–Trinajstić information content (AvgIpc) is 2.50. The van der Waals surface area contributed by atoms with Gasteiger partial charge in [0.25, 0.3) is 0 Å². The van der Waals surface area contributed by atoms with Crippen molar-refractivity contribution in [2.24, 2.45) is 0 Å². The summed E-state index contributed by atoms with van der Waals surface area (Å²) in [6.07, 6.45) is 6.41. The minimum Gasteiger partial charge on any atom is -0.466 e. The number of unbranched alkanes of at least 4 members (excludes halogenated alkanes) is 5. The van der Waals surface area contributed by atoms with Crippen LogP contribution < -0.4 is 4.74 Å². The molecule has 0 aromatic heterocycles. The van der Waals surface area contributed by atoms with Crippen molar-refractivity contribution in [3.63, 3.8) is 0 Å². The van der Waals surface area contributed by atoms with Gasteiger partial charge in [-0.25, -0.2) is 4.39 Å². The maximum atomic E-state index is 12.9. The van der Waals surface area contributed by atoms with E-state index in [-0.39, 0.29) is 17.7 Å². The van der Waals surface area contributed by atoms with E-state index in [1.54, 1.807) is 13.0 Å². The Kier molecular flexibility index (Phi) is 9.68. The summed E-state index contributed by atoms with van der Waals surface area (Å²) in [5, 5.41) is 0. The zero-order valence-corrected chi connectivity index (χ0v) is 13.7. The fraction of sp³-hybridized carbons (Fsp3) is 0.556. The van der Waals surface area contributed by atoms with Gasteiger partial charge in [0.15, 0.2) is 0 Å². The molecule has 128 valence electrons. The van der Waals surface area contributed by atoms with Crippen molar-refractivity contribution in [1.82, 2.24) is 0 Å². The zero-order valence-electron chi connectivity index (χ0n) is 13.7. The molecule has 0 aliphatic carbocycles. The number of esters is 2. The Balaban J connectivity index is 1.98. The molecule has 0 N–H and O–H groups in total. The van der Waals surface area contributed by atoms with Gasteiger partial charge in [-0.2, -0.15) is 0 Å². The lowest BCUT2D eigenvalue weighted by Crippen LogP contribution is -2.07. The standard InChI is InChI=1S/C18H25FO4/c1-2-22-17(20)12-7-5-3-4-6-8-13-18(21)23-16-11-9-10-15(19)14-16/h9-11,14H,2-8,12-13H2,1H3. The molecule has 0 fully saturated rings. The van der Waals surface area contributed by atoms with E-state index in [0.717, 1.165) is 38.5 Å². The lowest BCUT2D eigenvalue weighted by molar-refractivity contribution is -0.143. The third kappa shape index (κ3) is 9.66. The van der Waals surface area contributed by atoms with Gasteiger partial charge in [-0.05, 0) is 31.9 Å². The molecule has 0 bridgehead atoms. The molecule has 1 aromatic rings. The van der Waals surface area contributed by atoms with Gasteiger partial charge >= 0.3 is 11.9 Å². The Morgan fingerprint density at radius 2 is 1.57 bits per heavy atom. The van der Waals surface area contributed by atoms with Crippen LogP contribution in [0.15, 0.2) is 24.3 Å². The van der Waals surface area contributed by atoms with Gasteiger partial charge in [0.1, 0.15) is 11.6 Å². The van der Waals surface area contributed by atoms with Gasteiger partial charge in [0.2, 0.25) is 0 Å². The molecule has 0 aliphatic rings. The number of ether oxygens (including phenoxy) is 2. The summed E-state index contributed by atoms with van der Waals surface area (Å²) in [4.78, 5) is 22.7. The van der Waals surface area contributed by atoms with E-state index in [9.17, 15) is 14.0 Å². The highest BCUT2D eigenvalue weighted by Gasteiger charge is 2.05. The number of benzene rings is 1. The van der Waals surface area contributed by atoms with Crippen molar-refractivity contribution in [3.05, 3.63) is 30.1 Å². The first-order valence-electron chi connectivity index (χ1n) is 8.23. The van der Waals surface area contributed by atoms with Gasteiger partial charge in [-0.1, -0.05) is 31.7 Å². The predicted octanol–water partition coefficient (Wildman–Crippen LogP) is 4.42. The lowest BCUT2D eigenvalue weighted by atomic mass is 10.1. The van der Waals surface area contributed by atoms with Crippen LogP contribution in [0.2, 0.25) is 0 Å². The average molecular weight is 324 g/mol. The van der Waals surface area contributed by atoms with Gasteiger partial charge in [0.05, 0.1) is 6.61 Å². The Morgan fingerprint density at radius 3 is 2.17 bits per heavy atom. The normalized spacial score (nSPS) is 10.3. The van der Waals surface area contributed by atoms with Crippen molar-refractivity contribution in [1.29, 1.82) is 0 Å². The highest BCUT2D eigenvalue weighted by Crippen LogP contribution is 2.14. The molecule has 0 heterocycles. The third-order valence-electron chi connectivity index (χ3n) is 3.34. The maximum absolute atomic E-state index is 12.9. The molecule has 0 saturated carbocycles. The molecule has 0 spiro atoms. The Morgan fingerprint density at radius 1 is 0.957 bits per heavy atom. The van der Waals surface area contributed by atoms with Crippen LogP contribution in [0.4, 0.5) is 4.39 Å². The first-order valence-corrected chi connectivity index (χ1v) is 8.23. The quantitative estimate of drug-likeness (QED) is 0.343. The summed E-state index contributed by atoms with van der Waals surface area (Å²) in [7, 11) is 0. The third-order valence-corrected chi connectivity index (χ3v) is 3.34. The molecule has 0 amide bonds. The van der Waals surface area contributed by atoms with Crippen molar-refractivity contribution < 1.29 is 23.5 Å². The van der Waals surface area contributed by atoms with Crippen LogP contribution in [0.1, 0.15) is 58.3 Å². The SMILES string of the molecule is CCOC(=O)CCCCCCCCC(=O)Oc1cccc(F)c1. The lowest BCUT2D eigenvalue weighted by Gasteiger charge is -2.05. The van der Waals surface area contributed by atoms with Crippen LogP contribution >= 0.6 is 0 Å². The summed E-state index contributed by atoms with van der Waals surface area (Å²) in [6, 6.07) is 5.57. The molecule has 0 aliphatic heterocycles. The Hall–Kier alpha value is -1.91. The van der Waals surface area contributed by atoms with Crippen LogP contribution in [0.25, 0.3) is 0 Å². The molecule has 5 heteroatoms. The number of carbonyl (C=O) groups is 2. The zero-order chi connectivity index (χ0) is 16.9. The number of carbonyl (C=O) groups excluding carboxylic acids is 2. The molecule has 0 saturated heterocycles. The molecule has 1 rings (SSSR count). The van der Waals surface area contributed by atoms with Crippen molar-refractivity contribution in [3.8, 4) is 5.75 Å². The highest BCUT2D eigenvalue weighted by atomic mass is 19.1. The number of hydrogen-bond acceptors (Lipinski definition) is 4. The van der Waals surface area contributed by atoms with Crippen molar-refractivity contribution in [2.45, 2.75) is 58.3 Å². The second kappa shape index (κ2) is 11.6. The largest absolute Gasteiger partial charge is 0.466 e. The highest BCUT2D eigenvalue weighted by molar-refractivity contribution is 5.72. The summed E-state index contributed by atoms with van der Waals surface area (Å²) >= 11 is 0. The van der Waals surface area contributed by atoms with Gasteiger partial charge in [-0.15, -0.1) is 0 Å². The summed E-state index contributed by atoms with van der Waals surface area (Å²) in [5.41, 5.74) is 0. The first kappa shape index (κ1) is 19.1. The minimum atomic E-state index is -0.418. The topological polar surface area (TPSA) is 52.6 Å². The van der Waals surface area contributed by atoms with Crippen molar-refractivity contribution in [2.75, 3.05) is 6.61 Å². The second-order valence-electron chi connectivity index (χ2n) is 5.36. The van der Waals surface area contributed by atoms with Gasteiger partial charge in [-0.3, -0.25) is 9.59 Å². The van der Waals surface area contributed by atoms with E-state index in [0.29, 0.717) is 19.4 Å². The van der Waals surface area contributed by atoms with Gasteiger partial charge in [0, 0.05) is 18.9 Å². The fourth-order valence-electron chi connectivity index (χ4n) is 2.19. The summed E-state index contributed by atoms with van der Waals surface area (Å²) in [5.74, 6) is -0.641. The van der Waals surface area contributed by atoms with Crippen LogP contribution in [-0.2, 0) is 14.3 Å². The van der Waals surface area contributed by atoms with Crippen LogP contribution in [0, 0.1) is 5.82 Å². The molecular weight excluding hydrogens is 299 g/mol. The fourth-order valence-corrected chi connectivity index (χ4v) is 2.19. The molecule has 23 heavy (non-hydrogen) atoms. The number of rotatable bonds is 11. The molecular formula is C18H25FO4. The maximum Gasteiger partial charge on any atom is 0.311 e. The number of halogens is 1. The van der Waals surface area contributed by atoms with E-state index >= 15 is 0 Å². The molecule has 4 nitrogen and oxygen atoms in total. The van der Waals surface area contributed by atoms with E-state index in [4.69, 9.17) is 9.47 Å². The Labute approximate surface area is 137 Å². The molecule has 0 radical (unpaired) electrons. The van der Waals surface area contributed by atoms with Crippen LogP contribution in [0.5, 0.6) is 5.75 Å². The van der Waals surface area contributed by atoms with Crippen LogP contribution in [-0.4, -0.2) is 18.5 Å². The molecule has 1 aromatic carbocycles. The minimum absolute atomic E-state index is 0.132. The van der Waals surface area contributed by atoms with Crippen molar-refractivity contribution >= 4 is 11.9 Å². The summed E-state index contributed by atoms with van der Waals surface area (Å²) < 4.78 is 22.9. The first-order chi connectivity index (χ1) is 11.1. The monoisotopic (exact) mass is 324 g/mol. The Bertz CT molecular complexity index is 488. The van der Waals surface area contributed by atoms with E-state index < -0.39 is 5.82 Å². The molecule has 0 unspecified atom stereocenters. The molecule has 0 atom stereocenters. The van der Waals surface area contributed by atoms with Crippen LogP contribution in [0.3, 0.4) is 0 Å². The smallest absolute Gasteiger partial charge is 0.311 e.